The highest BCUT2D eigenvalue weighted by Crippen LogP contribution is 2.17. The second-order valence-corrected chi connectivity index (χ2v) is 4.68. The van der Waals surface area contributed by atoms with Gasteiger partial charge in [-0.05, 0) is 44.5 Å². The van der Waals surface area contributed by atoms with E-state index in [-0.39, 0.29) is 18.6 Å². The van der Waals surface area contributed by atoms with Crippen molar-refractivity contribution in [1.29, 1.82) is 0 Å². The molecule has 0 bridgehead atoms. The van der Waals surface area contributed by atoms with Crippen LogP contribution in [0.15, 0.2) is 24.3 Å². The molecule has 0 spiro atoms. The molecule has 0 aromatic heterocycles. The number of hydrogen-bond acceptors (Lipinski definition) is 3. The number of ether oxygens (including phenoxy) is 2. The van der Waals surface area contributed by atoms with Gasteiger partial charge in [-0.15, -0.1) is 0 Å². The number of unbranched alkanes of at least 4 members (excludes halogenated alkanes) is 1. The summed E-state index contributed by atoms with van der Waals surface area (Å²) in [5, 5.41) is 2.77. The second-order valence-electron chi connectivity index (χ2n) is 4.68. The molecule has 0 radical (unpaired) electrons. The van der Waals surface area contributed by atoms with Crippen LogP contribution < -0.4 is 14.8 Å². The Morgan fingerprint density at radius 3 is 2.26 bits per heavy atom. The van der Waals surface area contributed by atoms with Gasteiger partial charge < -0.3 is 14.8 Å². The SMILES string of the molecule is CCCCOc1ccc(OCC(=O)NC(C)C)cc1. The van der Waals surface area contributed by atoms with Crippen LogP contribution in [0.5, 0.6) is 11.5 Å². The van der Waals surface area contributed by atoms with Gasteiger partial charge in [0.05, 0.1) is 6.61 Å². The van der Waals surface area contributed by atoms with Crippen LogP contribution in [0.25, 0.3) is 0 Å². The van der Waals surface area contributed by atoms with Crippen LogP contribution in [0.2, 0.25) is 0 Å². The summed E-state index contributed by atoms with van der Waals surface area (Å²) in [6.07, 6.45) is 2.17. The number of amides is 1. The number of rotatable bonds is 8. The standard InChI is InChI=1S/C15H23NO3/c1-4-5-10-18-13-6-8-14(9-7-13)19-11-15(17)16-12(2)3/h6-9,12H,4-5,10-11H2,1-3H3,(H,16,17). The molecular weight excluding hydrogens is 242 g/mol. The molecule has 19 heavy (non-hydrogen) atoms. The summed E-state index contributed by atoms with van der Waals surface area (Å²) in [7, 11) is 0. The lowest BCUT2D eigenvalue weighted by Gasteiger charge is -2.10. The van der Waals surface area contributed by atoms with E-state index < -0.39 is 0 Å². The number of benzene rings is 1. The van der Waals surface area contributed by atoms with Crippen molar-refractivity contribution < 1.29 is 14.3 Å². The third-order valence-electron chi connectivity index (χ3n) is 2.41. The first-order valence-electron chi connectivity index (χ1n) is 6.77. The van der Waals surface area contributed by atoms with Crippen LogP contribution in [0.3, 0.4) is 0 Å². The number of nitrogens with one attached hydrogen (secondary N) is 1. The Balaban J connectivity index is 2.33. The Hall–Kier alpha value is -1.71. The van der Waals surface area contributed by atoms with E-state index in [0.29, 0.717) is 5.75 Å². The quantitative estimate of drug-likeness (QED) is 0.735. The molecule has 4 heteroatoms. The lowest BCUT2D eigenvalue weighted by atomic mass is 10.3. The van der Waals surface area contributed by atoms with Crippen molar-refractivity contribution >= 4 is 5.91 Å². The zero-order chi connectivity index (χ0) is 14.1. The molecule has 1 N–H and O–H groups in total. The Morgan fingerprint density at radius 1 is 1.16 bits per heavy atom. The molecule has 4 nitrogen and oxygen atoms in total. The van der Waals surface area contributed by atoms with Gasteiger partial charge in [0.2, 0.25) is 0 Å². The normalized spacial score (nSPS) is 10.3. The minimum atomic E-state index is -0.113. The van der Waals surface area contributed by atoms with Crippen LogP contribution >= 0.6 is 0 Å². The van der Waals surface area contributed by atoms with Gasteiger partial charge in [0.15, 0.2) is 6.61 Å². The maximum Gasteiger partial charge on any atom is 0.258 e. The minimum Gasteiger partial charge on any atom is -0.494 e. The third kappa shape index (κ3) is 6.70. The average Bonchev–Trinajstić information content (AvgIpc) is 2.37. The first kappa shape index (κ1) is 15.3. The van der Waals surface area contributed by atoms with E-state index in [4.69, 9.17) is 9.47 Å². The fourth-order valence-corrected chi connectivity index (χ4v) is 1.48. The summed E-state index contributed by atoms with van der Waals surface area (Å²) in [4.78, 5) is 11.4. The van der Waals surface area contributed by atoms with Gasteiger partial charge in [-0.1, -0.05) is 13.3 Å². The van der Waals surface area contributed by atoms with Crippen LogP contribution in [-0.4, -0.2) is 25.2 Å². The van der Waals surface area contributed by atoms with Gasteiger partial charge >= 0.3 is 0 Å². The fraction of sp³-hybridized carbons (Fsp3) is 0.533. The van der Waals surface area contributed by atoms with Crippen molar-refractivity contribution in [3.05, 3.63) is 24.3 Å². The van der Waals surface area contributed by atoms with E-state index in [1.165, 1.54) is 0 Å². The summed E-state index contributed by atoms with van der Waals surface area (Å²) in [5.41, 5.74) is 0. The highest BCUT2D eigenvalue weighted by Gasteiger charge is 2.04. The predicted octanol–water partition coefficient (Wildman–Crippen LogP) is 2.77. The van der Waals surface area contributed by atoms with Gasteiger partial charge in [0.1, 0.15) is 11.5 Å². The molecule has 1 amide bonds. The van der Waals surface area contributed by atoms with Crippen LogP contribution in [0, 0.1) is 0 Å². The largest absolute Gasteiger partial charge is 0.494 e. The summed E-state index contributed by atoms with van der Waals surface area (Å²) in [6, 6.07) is 7.45. The van der Waals surface area contributed by atoms with Crippen molar-refractivity contribution in [3.8, 4) is 11.5 Å². The Morgan fingerprint density at radius 2 is 1.74 bits per heavy atom. The highest BCUT2D eigenvalue weighted by molar-refractivity contribution is 5.77. The van der Waals surface area contributed by atoms with E-state index in [9.17, 15) is 4.79 Å². The molecule has 1 aromatic carbocycles. The maximum atomic E-state index is 11.4. The molecule has 0 saturated carbocycles. The van der Waals surface area contributed by atoms with Crippen LogP contribution in [0.4, 0.5) is 0 Å². The van der Waals surface area contributed by atoms with Crippen molar-refractivity contribution in [1.82, 2.24) is 5.32 Å². The third-order valence-corrected chi connectivity index (χ3v) is 2.41. The molecule has 106 valence electrons. The van der Waals surface area contributed by atoms with Gasteiger partial charge in [-0.2, -0.15) is 0 Å². The zero-order valence-corrected chi connectivity index (χ0v) is 11.9. The van der Waals surface area contributed by atoms with Gasteiger partial charge in [-0.3, -0.25) is 4.79 Å². The topological polar surface area (TPSA) is 47.6 Å². The monoisotopic (exact) mass is 265 g/mol. The highest BCUT2D eigenvalue weighted by atomic mass is 16.5. The second kappa shape index (κ2) is 8.40. The van der Waals surface area contributed by atoms with Crippen molar-refractivity contribution in [2.75, 3.05) is 13.2 Å². The number of hydrogen-bond donors (Lipinski definition) is 1. The molecule has 0 aliphatic heterocycles. The minimum absolute atomic E-state index is 0.0359. The Labute approximate surface area is 115 Å². The predicted molar refractivity (Wildman–Crippen MR) is 75.6 cm³/mol. The molecular formula is C15H23NO3. The van der Waals surface area contributed by atoms with E-state index in [1.54, 1.807) is 0 Å². The summed E-state index contributed by atoms with van der Waals surface area (Å²) in [5.74, 6) is 1.38. The molecule has 0 aliphatic rings. The van der Waals surface area contributed by atoms with Gasteiger partial charge in [-0.25, -0.2) is 0 Å². The molecule has 1 aromatic rings. The van der Waals surface area contributed by atoms with Gasteiger partial charge in [0, 0.05) is 6.04 Å². The van der Waals surface area contributed by atoms with Gasteiger partial charge in [0.25, 0.3) is 5.91 Å². The van der Waals surface area contributed by atoms with E-state index in [1.807, 2.05) is 38.1 Å². The average molecular weight is 265 g/mol. The Bertz CT molecular complexity index is 373. The first-order chi connectivity index (χ1) is 9.11. The first-order valence-corrected chi connectivity index (χ1v) is 6.77. The van der Waals surface area contributed by atoms with Crippen LogP contribution in [0.1, 0.15) is 33.6 Å². The van der Waals surface area contributed by atoms with Crippen LogP contribution in [-0.2, 0) is 4.79 Å². The lowest BCUT2D eigenvalue weighted by Crippen LogP contribution is -2.34. The molecule has 0 atom stereocenters. The summed E-state index contributed by atoms with van der Waals surface area (Å²) in [6.45, 7) is 6.73. The van der Waals surface area contributed by atoms with E-state index >= 15 is 0 Å². The zero-order valence-electron chi connectivity index (χ0n) is 11.9. The fourth-order valence-electron chi connectivity index (χ4n) is 1.48. The van der Waals surface area contributed by atoms with Crippen molar-refractivity contribution in [3.63, 3.8) is 0 Å². The molecule has 0 fully saturated rings. The molecule has 0 unspecified atom stereocenters. The smallest absolute Gasteiger partial charge is 0.258 e. The molecule has 0 heterocycles. The number of carbonyl (C=O) groups excluding carboxylic acids is 1. The summed E-state index contributed by atoms with van der Waals surface area (Å²) < 4.78 is 10.9. The molecule has 1 rings (SSSR count). The summed E-state index contributed by atoms with van der Waals surface area (Å²) >= 11 is 0. The van der Waals surface area contributed by atoms with E-state index in [2.05, 4.69) is 12.2 Å². The number of carbonyl (C=O) groups is 1. The molecule has 0 saturated heterocycles. The van der Waals surface area contributed by atoms with Crippen molar-refractivity contribution in [2.24, 2.45) is 0 Å². The van der Waals surface area contributed by atoms with Crippen molar-refractivity contribution in [2.45, 2.75) is 39.7 Å². The molecule has 0 aliphatic carbocycles. The maximum absolute atomic E-state index is 11.4. The lowest BCUT2D eigenvalue weighted by molar-refractivity contribution is -0.123. The van der Waals surface area contributed by atoms with E-state index in [0.717, 1.165) is 25.2 Å². The Kier molecular flexibility index (Phi) is 6.79.